The maximum atomic E-state index is 12.9. The summed E-state index contributed by atoms with van der Waals surface area (Å²) in [6.45, 7) is 1.81. The average molecular weight is 285 g/mol. The minimum Gasteiger partial charge on any atom is -0.322 e. The number of nitrogens with two attached hydrogens (primary N) is 1. The number of rotatable bonds is 2. The Morgan fingerprint density at radius 1 is 1.50 bits per heavy atom. The SMILES string of the molecule is CC(N)c1nc(-c2ccc(F)cc2Br)n[nH]1. The van der Waals surface area contributed by atoms with Crippen molar-refractivity contribution in [3.8, 4) is 11.4 Å². The van der Waals surface area contributed by atoms with E-state index in [1.54, 1.807) is 6.07 Å². The van der Waals surface area contributed by atoms with Crippen LogP contribution in [0.25, 0.3) is 11.4 Å². The van der Waals surface area contributed by atoms with E-state index in [2.05, 4.69) is 31.1 Å². The molecule has 16 heavy (non-hydrogen) atoms. The Hall–Kier alpha value is -1.27. The summed E-state index contributed by atoms with van der Waals surface area (Å²) in [6, 6.07) is 4.15. The Morgan fingerprint density at radius 3 is 2.81 bits per heavy atom. The van der Waals surface area contributed by atoms with Crippen molar-refractivity contribution in [3.63, 3.8) is 0 Å². The normalized spacial score (nSPS) is 12.8. The van der Waals surface area contributed by atoms with Gasteiger partial charge in [-0.1, -0.05) is 0 Å². The fourth-order valence-electron chi connectivity index (χ4n) is 1.27. The first-order valence-electron chi connectivity index (χ1n) is 4.71. The first-order valence-corrected chi connectivity index (χ1v) is 5.50. The van der Waals surface area contributed by atoms with Crippen LogP contribution in [-0.4, -0.2) is 15.2 Å². The lowest BCUT2D eigenvalue weighted by Gasteiger charge is -1.99. The Bertz CT molecular complexity index is 509. The topological polar surface area (TPSA) is 67.6 Å². The van der Waals surface area contributed by atoms with Gasteiger partial charge in [0.2, 0.25) is 0 Å². The van der Waals surface area contributed by atoms with Crippen molar-refractivity contribution >= 4 is 15.9 Å². The molecule has 0 aliphatic carbocycles. The molecule has 1 unspecified atom stereocenters. The predicted molar refractivity (Wildman–Crippen MR) is 62.1 cm³/mol. The van der Waals surface area contributed by atoms with Crippen LogP contribution < -0.4 is 5.73 Å². The molecule has 0 saturated heterocycles. The van der Waals surface area contributed by atoms with Crippen molar-refractivity contribution in [2.45, 2.75) is 13.0 Å². The van der Waals surface area contributed by atoms with E-state index in [4.69, 9.17) is 5.73 Å². The number of aromatic nitrogens is 3. The second kappa shape index (κ2) is 4.31. The van der Waals surface area contributed by atoms with E-state index in [0.717, 1.165) is 5.56 Å². The van der Waals surface area contributed by atoms with Gasteiger partial charge in [-0.3, -0.25) is 5.10 Å². The Labute approximate surface area is 100 Å². The van der Waals surface area contributed by atoms with Crippen molar-refractivity contribution in [2.75, 3.05) is 0 Å². The molecule has 0 bridgehead atoms. The standard InChI is InChI=1S/C10H10BrFN4/c1-5(13)9-14-10(16-15-9)7-3-2-6(12)4-8(7)11/h2-5H,13H2,1H3,(H,14,15,16). The Morgan fingerprint density at radius 2 is 2.25 bits per heavy atom. The lowest BCUT2D eigenvalue weighted by atomic mass is 10.2. The first-order chi connectivity index (χ1) is 7.58. The third kappa shape index (κ3) is 2.12. The molecule has 2 aromatic rings. The molecule has 0 aliphatic rings. The van der Waals surface area contributed by atoms with Crippen LogP contribution in [0.15, 0.2) is 22.7 Å². The second-order valence-corrected chi connectivity index (χ2v) is 4.31. The maximum absolute atomic E-state index is 12.9. The summed E-state index contributed by atoms with van der Waals surface area (Å²) in [7, 11) is 0. The van der Waals surface area contributed by atoms with Gasteiger partial charge >= 0.3 is 0 Å². The van der Waals surface area contributed by atoms with E-state index >= 15 is 0 Å². The van der Waals surface area contributed by atoms with Gasteiger partial charge in [0.25, 0.3) is 0 Å². The van der Waals surface area contributed by atoms with Crippen molar-refractivity contribution in [2.24, 2.45) is 5.73 Å². The van der Waals surface area contributed by atoms with E-state index in [-0.39, 0.29) is 11.9 Å². The van der Waals surface area contributed by atoms with Crippen LogP contribution in [0.3, 0.4) is 0 Å². The summed E-state index contributed by atoms with van der Waals surface area (Å²) in [5.74, 6) is 0.795. The van der Waals surface area contributed by atoms with Crippen LogP contribution in [-0.2, 0) is 0 Å². The van der Waals surface area contributed by atoms with Crippen molar-refractivity contribution in [1.29, 1.82) is 0 Å². The van der Waals surface area contributed by atoms with Gasteiger partial charge in [0.1, 0.15) is 11.6 Å². The average Bonchev–Trinajstić information content (AvgIpc) is 2.66. The van der Waals surface area contributed by atoms with Crippen LogP contribution in [0.1, 0.15) is 18.8 Å². The first kappa shape index (κ1) is 11.2. The number of halogens is 2. The van der Waals surface area contributed by atoms with Crippen LogP contribution in [0.2, 0.25) is 0 Å². The highest BCUT2D eigenvalue weighted by Gasteiger charge is 2.11. The number of H-pyrrole nitrogens is 1. The quantitative estimate of drug-likeness (QED) is 0.890. The number of nitrogens with zero attached hydrogens (tertiary/aromatic N) is 2. The smallest absolute Gasteiger partial charge is 0.182 e. The fraction of sp³-hybridized carbons (Fsp3) is 0.200. The molecular formula is C10H10BrFN4. The van der Waals surface area contributed by atoms with E-state index in [1.807, 2.05) is 6.92 Å². The highest BCUT2D eigenvalue weighted by molar-refractivity contribution is 9.10. The molecule has 84 valence electrons. The molecule has 3 N–H and O–H groups in total. The molecule has 0 saturated carbocycles. The largest absolute Gasteiger partial charge is 0.322 e. The zero-order valence-electron chi connectivity index (χ0n) is 8.54. The Balaban J connectivity index is 2.42. The van der Waals surface area contributed by atoms with E-state index in [0.29, 0.717) is 16.1 Å². The molecule has 0 fully saturated rings. The van der Waals surface area contributed by atoms with E-state index in [1.165, 1.54) is 12.1 Å². The molecule has 0 amide bonds. The van der Waals surface area contributed by atoms with Crippen LogP contribution in [0, 0.1) is 5.82 Å². The molecule has 6 heteroatoms. The fourth-order valence-corrected chi connectivity index (χ4v) is 1.80. The van der Waals surface area contributed by atoms with Crippen LogP contribution >= 0.6 is 15.9 Å². The Kier molecular flexibility index (Phi) is 3.02. The van der Waals surface area contributed by atoms with Crippen molar-refractivity contribution in [3.05, 3.63) is 34.3 Å². The van der Waals surface area contributed by atoms with Gasteiger partial charge in [0.05, 0.1) is 6.04 Å². The van der Waals surface area contributed by atoms with E-state index in [9.17, 15) is 4.39 Å². The summed E-state index contributed by atoms with van der Waals surface area (Å²) in [6.07, 6.45) is 0. The van der Waals surface area contributed by atoms with Gasteiger partial charge in [0, 0.05) is 10.0 Å². The van der Waals surface area contributed by atoms with Gasteiger partial charge in [-0.25, -0.2) is 9.37 Å². The zero-order chi connectivity index (χ0) is 11.7. The van der Waals surface area contributed by atoms with Gasteiger partial charge in [0.15, 0.2) is 5.82 Å². The van der Waals surface area contributed by atoms with Gasteiger partial charge in [-0.05, 0) is 41.1 Å². The van der Waals surface area contributed by atoms with Crippen LogP contribution in [0.5, 0.6) is 0 Å². The minimum absolute atomic E-state index is 0.208. The lowest BCUT2D eigenvalue weighted by molar-refractivity contribution is 0.627. The van der Waals surface area contributed by atoms with Gasteiger partial charge < -0.3 is 5.73 Å². The lowest BCUT2D eigenvalue weighted by Crippen LogP contribution is -2.06. The van der Waals surface area contributed by atoms with Gasteiger partial charge in [-0.2, -0.15) is 5.10 Å². The number of hydrogen-bond donors (Lipinski definition) is 2. The van der Waals surface area contributed by atoms with Crippen molar-refractivity contribution in [1.82, 2.24) is 15.2 Å². The summed E-state index contributed by atoms with van der Waals surface area (Å²) < 4.78 is 13.5. The second-order valence-electron chi connectivity index (χ2n) is 3.46. The third-order valence-electron chi connectivity index (χ3n) is 2.11. The molecule has 4 nitrogen and oxygen atoms in total. The molecule has 0 radical (unpaired) electrons. The molecule has 1 aromatic carbocycles. The summed E-state index contributed by atoms with van der Waals surface area (Å²) in [5, 5.41) is 6.77. The summed E-state index contributed by atoms with van der Waals surface area (Å²) in [5.41, 5.74) is 6.39. The van der Waals surface area contributed by atoms with Crippen LogP contribution in [0.4, 0.5) is 4.39 Å². The number of nitrogens with one attached hydrogen (secondary N) is 1. The van der Waals surface area contributed by atoms with Crippen molar-refractivity contribution < 1.29 is 4.39 Å². The molecule has 0 aliphatic heterocycles. The number of aromatic amines is 1. The third-order valence-corrected chi connectivity index (χ3v) is 2.76. The molecule has 1 heterocycles. The highest BCUT2D eigenvalue weighted by Crippen LogP contribution is 2.26. The summed E-state index contributed by atoms with van der Waals surface area (Å²) in [4.78, 5) is 4.23. The monoisotopic (exact) mass is 284 g/mol. The maximum Gasteiger partial charge on any atom is 0.182 e. The summed E-state index contributed by atoms with van der Waals surface area (Å²) >= 11 is 3.26. The van der Waals surface area contributed by atoms with E-state index < -0.39 is 0 Å². The predicted octanol–water partition coefficient (Wildman–Crippen LogP) is 2.39. The molecule has 1 atom stereocenters. The van der Waals surface area contributed by atoms with Gasteiger partial charge in [-0.15, -0.1) is 0 Å². The molecule has 2 rings (SSSR count). The highest BCUT2D eigenvalue weighted by atomic mass is 79.9. The molecular weight excluding hydrogens is 275 g/mol. The number of benzene rings is 1. The molecule has 1 aromatic heterocycles. The molecule has 0 spiro atoms. The zero-order valence-corrected chi connectivity index (χ0v) is 10.1. The number of hydrogen-bond acceptors (Lipinski definition) is 3. The minimum atomic E-state index is -0.307.